The lowest BCUT2D eigenvalue weighted by atomic mass is 10.2. The highest BCUT2D eigenvalue weighted by molar-refractivity contribution is 9.09. The summed E-state index contributed by atoms with van der Waals surface area (Å²) in [6.45, 7) is 2.71. The molecule has 0 fully saturated rings. The second kappa shape index (κ2) is 7.24. The van der Waals surface area contributed by atoms with E-state index in [9.17, 15) is 4.79 Å². The van der Waals surface area contributed by atoms with Crippen LogP contribution in [0, 0.1) is 0 Å². The molecule has 1 N–H and O–H groups in total. The van der Waals surface area contributed by atoms with Gasteiger partial charge in [0.05, 0.1) is 15.6 Å². The SMILES string of the molecule is CCC(Br)CCNC(=O)c1cccc(Cl)c1Cl. The molecule has 17 heavy (non-hydrogen) atoms. The van der Waals surface area contributed by atoms with E-state index in [1.807, 2.05) is 0 Å². The molecule has 0 bridgehead atoms. The molecule has 1 aromatic rings. The van der Waals surface area contributed by atoms with Gasteiger partial charge in [-0.15, -0.1) is 0 Å². The van der Waals surface area contributed by atoms with Crippen molar-refractivity contribution in [3.8, 4) is 0 Å². The van der Waals surface area contributed by atoms with Crippen molar-refractivity contribution >= 4 is 45.0 Å². The van der Waals surface area contributed by atoms with Gasteiger partial charge in [-0.1, -0.05) is 52.1 Å². The second-order valence-electron chi connectivity index (χ2n) is 3.65. The van der Waals surface area contributed by atoms with Crippen molar-refractivity contribution in [1.82, 2.24) is 5.32 Å². The summed E-state index contributed by atoms with van der Waals surface area (Å²) in [5, 5.41) is 3.52. The molecule has 0 aliphatic carbocycles. The second-order valence-corrected chi connectivity index (χ2v) is 5.73. The van der Waals surface area contributed by atoms with E-state index >= 15 is 0 Å². The zero-order chi connectivity index (χ0) is 12.8. The Balaban J connectivity index is 2.56. The predicted molar refractivity (Wildman–Crippen MR) is 76.4 cm³/mol. The quantitative estimate of drug-likeness (QED) is 0.797. The number of nitrogens with one attached hydrogen (secondary N) is 1. The number of rotatable bonds is 5. The van der Waals surface area contributed by atoms with Crippen LogP contribution in [0.3, 0.4) is 0 Å². The Bertz CT molecular complexity index is 398. The number of amides is 1. The normalized spacial score (nSPS) is 12.2. The number of alkyl halides is 1. The Morgan fingerprint density at radius 2 is 2.18 bits per heavy atom. The smallest absolute Gasteiger partial charge is 0.252 e. The van der Waals surface area contributed by atoms with Crippen LogP contribution in [0.4, 0.5) is 0 Å². The zero-order valence-corrected chi connectivity index (χ0v) is 12.6. The van der Waals surface area contributed by atoms with Crippen molar-refractivity contribution < 1.29 is 4.79 Å². The first-order chi connectivity index (χ1) is 8.06. The summed E-state index contributed by atoms with van der Waals surface area (Å²) in [4.78, 5) is 12.2. The van der Waals surface area contributed by atoms with Gasteiger partial charge in [-0.2, -0.15) is 0 Å². The Morgan fingerprint density at radius 3 is 2.82 bits per heavy atom. The molecule has 0 heterocycles. The molecule has 1 amide bonds. The number of halogens is 3. The van der Waals surface area contributed by atoms with E-state index in [1.54, 1.807) is 18.2 Å². The van der Waals surface area contributed by atoms with E-state index < -0.39 is 0 Å². The minimum atomic E-state index is -0.187. The Morgan fingerprint density at radius 1 is 1.47 bits per heavy atom. The van der Waals surface area contributed by atoms with Crippen LogP contribution in [0.5, 0.6) is 0 Å². The van der Waals surface area contributed by atoms with E-state index in [0.717, 1.165) is 12.8 Å². The summed E-state index contributed by atoms with van der Waals surface area (Å²) >= 11 is 15.3. The summed E-state index contributed by atoms with van der Waals surface area (Å²) in [5.74, 6) is -0.187. The topological polar surface area (TPSA) is 29.1 Å². The van der Waals surface area contributed by atoms with E-state index in [1.165, 1.54) is 0 Å². The van der Waals surface area contributed by atoms with Crippen molar-refractivity contribution in [2.24, 2.45) is 0 Å². The van der Waals surface area contributed by atoms with Gasteiger partial charge in [0.1, 0.15) is 0 Å². The highest BCUT2D eigenvalue weighted by Crippen LogP contribution is 2.25. The molecule has 1 atom stereocenters. The first kappa shape index (κ1) is 14.8. The highest BCUT2D eigenvalue weighted by atomic mass is 79.9. The standard InChI is InChI=1S/C12H14BrCl2NO/c1-2-8(13)6-7-16-12(17)9-4-3-5-10(14)11(9)15/h3-5,8H,2,6-7H2,1H3,(H,16,17). The van der Waals surface area contributed by atoms with Crippen molar-refractivity contribution in [3.63, 3.8) is 0 Å². The number of hydrogen-bond donors (Lipinski definition) is 1. The van der Waals surface area contributed by atoms with Crippen LogP contribution >= 0.6 is 39.1 Å². The van der Waals surface area contributed by atoms with Crippen LogP contribution in [0.15, 0.2) is 18.2 Å². The van der Waals surface area contributed by atoms with Gasteiger partial charge in [0, 0.05) is 11.4 Å². The van der Waals surface area contributed by atoms with Crippen molar-refractivity contribution in [2.45, 2.75) is 24.6 Å². The zero-order valence-electron chi connectivity index (χ0n) is 9.47. The first-order valence-corrected chi connectivity index (χ1v) is 7.09. The maximum atomic E-state index is 11.8. The van der Waals surface area contributed by atoms with Gasteiger partial charge in [-0.25, -0.2) is 0 Å². The van der Waals surface area contributed by atoms with Gasteiger partial charge in [0.15, 0.2) is 0 Å². The van der Waals surface area contributed by atoms with E-state index in [2.05, 4.69) is 28.2 Å². The third-order valence-electron chi connectivity index (χ3n) is 2.38. The van der Waals surface area contributed by atoms with Crippen molar-refractivity contribution in [3.05, 3.63) is 33.8 Å². The van der Waals surface area contributed by atoms with Gasteiger partial charge in [-0.3, -0.25) is 4.79 Å². The monoisotopic (exact) mass is 337 g/mol. The molecular formula is C12H14BrCl2NO. The lowest BCUT2D eigenvalue weighted by Crippen LogP contribution is -2.26. The molecule has 0 aliphatic rings. The van der Waals surface area contributed by atoms with Gasteiger partial charge >= 0.3 is 0 Å². The maximum absolute atomic E-state index is 11.8. The van der Waals surface area contributed by atoms with Crippen LogP contribution in [0.2, 0.25) is 10.0 Å². The van der Waals surface area contributed by atoms with Crippen LogP contribution < -0.4 is 5.32 Å². The number of carbonyl (C=O) groups is 1. The number of hydrogen-bond acceptors (Lipinski definition) is 1. The first-order valence-electron chi connectivity index (χ1n) is 5.42. The molecule has 0 spiro atoms. The van der Waals surface area contributed by atoms with Crippen LogP contribution in [0.25, 0.3) is 0 Å². The molecule has 0 aromatic heterocycles. The fourth-order valence-electron chi connectivity index (χ4n) is 1.32. The van der Waals surface area contributed by atoms with Gasteiger partial charge in [0.2, 0.25) is 0 Å². The molecule has 0 saturated heterocycles. The summed E-state index contributed by atoms with van der Waals surface area (Å²) < 4.78 is 0. The number of carbonyl (C=O) groups excluding carboxylic acids is 1. The van der Waals surface area contributed by atoms with Crippen LogP contribution in [-0.2, 0) is 0 Å². The maximum Gasteiger partial charge on any atom is 0.252 e. The number of benzene rings is 1. The third kappa shape index (κ3) is 4.49. The molecule has 0 radical (unpaired) electrons. The molecule has 1 unspecified atom stereocenters. The molecule has 0 aliphatic heterocycles. The summed E-state index contributed by atoms with van der Waals surface area (Å²) in [6, 6.07) is 5.03. The summed E-state index contributed by atoms with van der Waals surface area (Å²) in [5.41, 5.74) is 0.418. The Labute approximate surface area is 120 Å². The lowest BCUT2D eigenvalue weighted by molar-refractivity contribution is 0.0953. The Kier molecular flexibility index (Phi) is 6.31. The van der Waals surface area contributed by atoms with E-state index in [4.69, 9.17) is 23.2 Å². The molecule has 1 aromatic carbocycles. The average molecular weight is 339 g/mol. The summed E-state index contributed by atoms with van der Waals surface area (Å²) in [7, 11) is 0. The fourth-order valence-corrected chi connectivity index (χ4v) is 1.94. The lowest BCUT2D eigenvalue weighted by Gasteiger charge is -2.09. The minimum Gasteiger partial charge on any atom is -0.352 e. The fraction of sp³-hybridized carbons (Fsp3) is 0.417. The Hall–Kier alpha value is -0.250. The van der Waals surface area contributed by atoms with Crippen LogP contribution in [-0.4, -0.2) is 17.3 Å². The largest absolute Gasteiger partial charge is 0.352 e. The van der Waals surface area contributed by atoms with Gasteiger partial charge < -0.3 is 5.32 Å². The van der Waals surface area contributed by atoms with Crippen molar-refractivity contribution in [2.75, 3.05) is 6.54 Å². The van der Waals surface area contributed by atoms with Gasteiger partial charge in [0.25, 0.3) is 5.91 Å². The minimum absolute atomic E-state index is 0.187. The van der Waals surface area contributed by atoms with E-state index in [-0.39, 0.29) is 5.91 Å². The molecular weight excluding hydrogens is 325 g/mol. The molecule has 94 valence electrons. The average Bonchev–Trinajstić information content (AvgIpc) is 2.32. The molecule has 2 nitrogen and oxygen atoms in total. The molecule has 0 saturated carbocycles. The predicted octanol–water partition coefficient (Wildman–Crippen LogP) is 4.29. The summed E-state index contributed by atoms with van der Waals surface area (Å²) in [6.07, 6.45) is 1.92. The third-order valence-corrected chi connectivity index (χ3v) is 4.31. The van der Waals surface area contributed by atoms with Crippen LogP contribution in [0.1, 0.15) is 30.1 Å². The van der Waals surface area contributed by atoms with Crippen molar-refractivity contribution in [1.29, 1.82) is 0 Å². The van der Waals surface area contributed by atoms with E-state index in [0.29, 0.717) is 27.0 Å². The highest BCUT2D eigenvalue weighted by Gasteiger charge is 2.12. The molecule has 5 heteroatoms. The van der Waals surface area contributed by atoms with Gasteiger partial charge in [-0.05, 0) is 25.0 Å². The molecule has 1 rings (SSSR count).